The summed E-state index contributed by atoms with van der Waals surface area (Å²) in [6, 6.07) is 0. The molecule has 0 amide bonds. The molecule has 0 saturated heterocycles. The summed E-state index contributed by atoms with van der Waals surface area (Å²) in [5, 5.41) is 0.115. The maximum atomic E-state index is 12.0. The number of methoxy groups -OCH3 is 2. The van der Waals surface area contributed by atoms with E-state index in [4.69, 9.17) is 18.6 Å². The van der Waals surface area contributed by atoms with Crippen LogP contribution in [0.4, 0.5) is 0 Å². The zero-order chi connectivity index (χ0) is 22.2. The molecule has 0 aromatic rings. The van der Waals surface area contributed by atoms with Crippen molar-refractivity contribution in [2.75, 3.05) is 20.8 Å². The molecule has 2 atom stereocenters. The molecule has 0 aromatic carbocycles. The molecule has 0 aliphatic rings. The smallest absolute Gasteiger partial charge is 0.311 e. The van der Waals surface area contributed by atoms with Crippen molar-refractivity contribution < 1.29 is 23.4 Å². The number of carbonyl (C=O) groups excluding carboxylic acids is 1. The van der Waals surface area contributed by atoms with Crippen LogP contribution in [0.15, 0.2) is 12.2 Å². The average molecular weight is 417 g/mol. The fraction of sp³-hybridized carbons (Fsp3) is 0.864. The van der Waals surface area contributed by atoms with Gasteiger partial charge in [-0.15, -0.1) is 0 Å². The Morgan fingerprint density at radius 2 is 1.54 bits per heavy atom. The Kier molecular flexibility index (Phi) is 11.2. The third kappa shape index (κ3) is 10.2. The Morgan fingerprint density at radius 3 is 1.96 bits per heavy atom. The van der Waals surface area contributed by atoms with Gasteiger partial charge in [-0.3, -0.25) is 4.79 Å². The van der Waals surface area contributed by atoms with Crippen molar-refractivity contribution in [3.05, 3.63) is 12.2 Å². The Balaban J connectivity index is 5.08. The van der Waals surface area contributed by atoms with Crippen LogP contribution in [0.25, 0.3) is 0 Å². The van der Waals surface area contributed by atoms with Gasteiger partial charge in [0.1, 0.15) is 0 Å². The summed E-state index contributed by atoms with van der Waals surface area (Å²) in [6.07, 6.45) is 5.38. The third-order valence-corrected chi connectivity index (χ3v) is 9.75. The lowest BCUT2D eigenvalue weighted by molar-refractivity contribution is -0.153. The molecule has 0 rings (SSSR count). The Labute approximate surface area is 174 Å². The predicted molar refractivity (Wildman–Crippen MR) is 118 cm³/mol. The third-order valence-electron chi connectivity index (χ3n) is 5.24. The fourth-order valence-corrected chi connectivity index (χ4v) is 3.53. The largest absolute Gasteiger partial charge is 0.465 e. The molecule has 0 N–H and O–H groups in total. The van der Waals surface area contributed by atoms with Crippen LogP contribution in [0, 0.1) is 11.3 Å². The second-order valence-corrected chi connectivity index (χ2v) is 14.8. The van der Waals surface area contributed by atoms with Crippen molar-refractivity contribution in [2.24, 2.45) is 11.3 Å². The number of allylic oxidation sites excluding steroid dienone is 1. The molecule has 0 spiro atoms. The van der Waals surface area contributed by atoms with E-state index in [9.17, 15) is 4.79 Å². The van der Waals surface area contributed by atoms with Gasteiger partial charge in [0.25, 0.3) is 0 Å². The molecule has 166 valence electrons. The number of hydrogen-bond donors (Lipinski definition) is 0. The summed E-state index contributed by atoms with van der Waals surface area (Å²) >= 11 is 0. The van der Waals surface area contributed by atoms with E-state index >= 15 is 0 Å². The molecule has 0 aliphatic carbocycles. The first-order valence-electron chi connectivity index (χ1n) is 10.2. The first-order valence-corrected chi connectivity index (χ1v) is 13.1. The van der Waals surface area contributed by atoms with E-state index in [0.29, 0.717) is 13.0 Å². The molecular weight excluding hydrogens is 372 g/mol. The molecule has 5 nitrogen and oxygen atoms in total. The molecule has 6 heteroatoms. The monoisotopic (exact) mass is 416 g/mol. The van der Waals surface area contributed by atoms with Crippen molar-refractivity contribution >= 4 is 14.3 Å². The molecule has 0 heterocycles. The predicted octanol–water partition coefficient (Wildman–Crippen LogP) is 5.56. The highest BCUT2D eigenvalue weighted by atomic mass is 28.4. The number of esters is 1. The standard InChI is InChI=1S/C22H44O5Si/c1-17(16-19(24-8)25-9)12-13-18(27-28(10,11)22(5,6)7)14-15-26-20(23)21(2,3)4/h12-13,17-19H,14-16H2,1-11H3/b13-12+/t17-,18-/m0/s1. The van der Waals surface area contributed by atoms with Crippen LogP contribution >= 0.6 is 0 Å². The highest BCUT2D eigenvalue weighted by Gasteiger charge is 2.38. The van der Waals surface area contributed by atoms with Gasteiger partial charge in [-0.1, -0.05) is 39.8 Å². The van der Waals surface area contributed by atoms with Crippen LogP contribution in [-0.4, -0.2) is 47.5 Å². The maximum absolute atomic E-state index is 12.0. The number of carbonyl (C=O) groups is 1. The van der Waals surface area contributed by atoms with Gasteiger partial charge in [-0.25, -0.2) is 0 Å². The second kappa shape index (κ2) is 11.5. The van der Waals surface area contributed by atoms with Gasteiger partial charge in [0.2, 0.25) is 0 Å². The number of ether oxygens (including phenoxy) is 3. The molecule has 0 radical (unpaired) electrons. The van der Waals surface area contributed by atoms with E-state index in [-0.39, 0.29) is 29.3 Å². The Hall–Kier alpha value is -0.693. The highest BCUT2D eigenvalue weighted by Crippen LogP contribution is 2.37. The van der Waals surface area contributed by atoms with Gasteiger partial charge in [0.05, 0.1) is 18.1 Å². The first kappa shape index (κ1) is 27.3. The van der Waals surface area contributed by atoms with Crippen LogP contribution in [-0.2, 0) is 23.4 Å². The first-order chi connectivity index (χ1) is 12.6. The van der Waals surface area contributed by atoms with Crippen LogP contribution < -0.4 is 0 Å². The molecule has 0 aromatic heterocycles. The molecule has 28 heavy (non-hydrogen) atoms. The van der Waals surface area contributed by atoms with Crippen LogP contribution in [0.1, 0.15) is 61.3 Å². The van der Waals surface area contributed by atoms with E-state index in [1.807, 2.05) is 20.8 Å². The molecular formula is C22H44O5Si. The summed E-state index contributed by atoms with van der Waals surface area (Å²) in [4.78, 5) is 12.0. The Morgan fingerprint density at radius 1 is 1.00 bits per heavy atom. The van der Waals surface area contributed by atoms with Gasteiger partial charge in [-0.2, -0.15) is 0 Å². The SMILES string of the molecule is COC(C[C@@H](C)/C=C/[C@@H](CCOC(=O)C(C)(C)C)O[Si](C)(C)C(C)(C)C)OC. The fourth-order valence-electron chi connectivity index (χ4n) is 2.22. The van der Waals surface area contributed by atoms with Crippen molar-refractivity contribution in [3.8, 4) is 0 Å². The van der Waals surface area contributed by atoms with Gasteiger partial charge in [0.15, 0.2) is 14.6 Å². The minimum Gasteiger partial charge on any atom is -0.465 e. The summed E-state index contributed by atoms with van der Waals surface area (Å²) < 4.78 is 22.6. The summed E-state index contributed by atoms with van der Waals surface area (Å²) in [6.45, 7) is 19.2. The van der Waals surface area contributed by atoms with E-state index in [1.165, 1.54) is 0 Å². The quantitative estimate of drug-likeness (QED) is 0.191. The Bertz CT molecular complexity index is 484. The van der Waals surface area contributed by atoms with Crippen molar-refractivity contribution in [2.45, 2.75) is 91.8 Å². The van der Waals surface area contributed by atoms with Crippen LogP contribution in [0.2, 0.25) is 18.1 Å². The van der Waals surface area contributed by atoms with E-state index in [2.05, 4.69) is 52.9 Å². The number of rotatable bonds is 11. The highest BCUT2D eigenvalue weighted by molar-refractivity contribution is 6.74. The topological polar surface area (TPSA) is 54.0 Å². The van der Waals surface area contributed by atoms with Gasteiger partial charge in [0, 0.05) is 27.1 Å². The van der Waals surface area contributed by atoms with Gasteiger partial charge < -0.3 is 18.6 Å². The molecule has 0 unspecified atom stereocenters. The lowest BCUT2D eigenvalue weighted by Crippen LogP contribution is -2.43. The molecule has 0 bridgehead atoms. The molecule has 0 aliphatic heterocycles. The summed E-state index contributed by atoms with van der Waals surface area (Å²) in [7, 11) is 1.36. The zero-order valence-corrected chi connectivity index (χ0v) is 21.0. The van der Waals surface area contributed by atoms with Crippen LogP contribution in [0.3, 0.4) is 0 Å². The minimum absolute atomic E-state index is 0.0837. The summed E-state index contributed by atoms with van der Waals surface area (Å²) in [5.74, 6) is 0.103. The normalized spacial score (nSPS) is 15.9. The van der Waals surface area contributed by atoms with Crippen molar-refractivity contribution in [1.29, 1.82) is 0 Å². The van der Waals surface area contributed by atoms with Crippen LogP contribution in [0.5, 0.6) is 0 Å². The van der Waals surface area contributed by atoms with Gasteiger partial charge >= 0.3 is 5.97 Å². The summed E-state index contributed by atoms with van der Waals surface area (Å²) in [5.41, 5.74) is -0.491. The van der Waals surface area contributed by atoms with Crippen molar-refractivity contribution in [3.63, 3.8) is 0 Å². The lowest BCUT2D eigenvalue weighted by Gasteiger charge is -2.38. The average Bonchev–Trinajstić information content (AvgIpc) is 2.55. The zero-order valence-electron chi connectivity index (χ0n) is 20.0. The van der Waals surface area contributed by atoms with E-state index < -0.39 is 13.7 Å². The second-order valence-electron chi connectivity index (χ2n) is 10.1. The molecule has 0 fully saturated rings. The number of hydrogen-bond acceptors (Lipinski definition) is 5. The van der Waals surface area contributed by atoms with Crippen molar-refractivity contribution in [1.82, 2.24) is 0 Å². The van der Waals surface area contributed by atoms with E-state index in [0.717, 1.165) is 6.42 Å². The minimum atomic E-state index is -1.94. The van der Waals surface area contributed by atoms with E-state index in [1.54, 1.807) is 14.2 Å². The molecule has 0 saturated carbocycles. The lowest BCUT2D eigenvalue weighted by atomic mass is 9.97. The maximum Gasteiger partial charge on any atom is 0.311 e. The van der Waals surface area contributed by atoms with Gasteiger partial charge in [-0.05, 0) is 44.8 Å².